The topological polar surface area (TPSA) is 78.0 Å². The fourth-order valence-corrected chi connectivity index (χ4v) is 3.16. The summed E-state index contributed by atoms with van der Waals surface area (Å²) < 4.78 is 63.6. The average Bonchev–Trinajstić information content (AvgIpc) is 3.00. The molecule has 0 saturated carbocycles. The van der Waals surface area contributed by atoms with Crippen molar-refractivity contribution in [1.29, 1.82) is 0 Å². The van der Waals surface area contributed by atoms with Crippen LogP contribution in [0.2, 0.25) is 0 Å². The van der Waals surface area contributed by atoms with Gasteiger partial charge in [-0.25, -0.2) is 18.2 Å². The van der Waals surface area contributed by atoms with Crippen LogP contribution in [0.25, 0.3) is 16.9 Å². The molecule has 0 aliphatic carbocycles. The first-order valence-electron chi connectivity index (χ1n) is 7.44. The summed E-state index contributed by atoms with van der Waals surface area (Å²) in [5.41, 5.74) is 0.498. The number of primary sulfonamides is 1. The largest absolute Gasteiger partial charge is 0.435 e. The molecule has 0 unspecified atom stereocenters. The molecule has 3 rings (SSSR count). The average molecular weight is 381 g/mol. The van der Waals surface area contributed by atoms with E-state index in [9.17, 15) is 21.6 Å². The second-order valence-corrected chi connectivity index (χ2v) is 7.25. The summed E-state index contributed by atoms with van der Waals surface area (Å²) in [6.45, 7) is 1.58. The monoisotopic (exact) mass is 381 g/mol. The number of aryl methyl sites for hydroxylation is 1. The number of aromatic nitrogens is 2. The molecule has 26 heavy (non-hydrogen) atoms. The van der Waals surface area contributed by atoms with Crippen LogP contribution in [-0.4, -0.2) is 18.2 Å². The Morgan fingerprint density at radius 2 is 1.69 bits per heavy atom. The lowest BCUT2D eigenvalue weighted by Gasteiger charge is -2.11. The molecule has 1 heterocycles. The van der Waals surface area contributed by atoms with Crippen LogP contribution < -0.4 is 5.14 Å². The van der Waals surface area contributed by atoms with Crippen molar-refractivity contribution in [3.05, 3.63) is 65.9 Å². The molecule has 0 atom stereocenters. The SMILES string of the molecule is Cc1cc(S(N)(=O)=O)ccc1-n1nc(C(F)(F)F)cc1-c1ccccc1. The van der Waals surface area contributed by atoms with E-state index in [1.54, 1.807) is 37.3 Å². The number of benzene rings is 2. The lowest BCUT2D eigenvalue weighted by molar-refractivity contribution is -0.141. The molecule has 5 nitrogen and oxygen atoms in total. The second kappa shape index (κ2) is 6.26. The number of hydrogen-bond acceptors (Lipinski definition) is 3. The lowest BCUT2D eigenvalue weighted by atomic mass is 10.1. The molecule has 0 radical (unpaired) electrons. The Hall–Kier alpha value is -2.65. The Kier molecular flexibility index (Phi) is 4.37. The van der Waals surface area contributed by atoms with Crippen molar-refractivity contribution in [2.24, 2.45) is 5.14 Å². The molecule has 9 heteroatoms. The third-order valence-electron chi connectivity index (χ3n) is 3.79. The summed E-state index contributed by atoms with van der Waals surface area (Å²) in [4.78, 5) is -0.122. The van der Waals surface area contributed by atoms with Gasteiger partial charge in [-0.3, -0.25) is 0 Å². The van der Waals surface area contributed by atoms with E-state index in [4.69, 9.17) is 5.14 Å². The van der Waals surface area contributed by atoms with Gasteiger partial charge in [-0.05, 0) is 36.8 Å². The van der Waals surface area contributed by atoms with E-state index in [2.05, 4.69) is 5.10 Å². The van der Waals surface area contributed by atoms with Gasteiger partial charge in [0.25, 0.3) is 0 Å². The van der Waals surface area contributed by atoms with E-state index >= 15 is 0 Å². The van der Waals surface area contributed by atoms with Crippen molar-refractivity contribution in [1.82, 2.24) is 9.78 Å². The Morgan fingerprint density at radius 3 is 2.23 bits per heavy atom. The Labute approximate surface area is 147 Å². The van der Waals surface area contributed by atoms with Gasteiger partial charge in [-0.1, -0.05) is 30.3 Å². The highest BCUT2D eigenvalue weighted by atomic mass is 32.2. The third-order valence-corrected chi connectivity index (χ3v) is 4.71. The van der Waals surface area contributed by atoms with Crippen molar-refractivity contribution in [2.45, 2.75) is 18.0 Å². The highest BCUT2D eigenvalue weighted by Gasteiger charge is 2.35. The summed E-state index contributed by atoms with van der Waals surface area (Å²) in [6, 6.07) is 13.4. The number of rotatable bonds is 3. The van der Waals surface area contributed by atoms with Gasteiger partial charge in [0.1, 0.15) is 0 Å². The maximum Gasteiger partial charge on any atom is 0.435 e. The van der Waals surface area contributed by atoms with Gasteiger partial charge in [-0.15, -0.1) is 0 Å². The zero-order chi connectivity index (χ0) is 19.1. The summed E-state index contributed by atoms with van der Waals surface area (Å²) in [7, 11) is -3.91. The van der Waals surface area contributed by atoms with Gasteiger partial charge in [-0.2, -0.15) is 18.3 Å². The van der Waals surface area contributed by atoms with Crippen molar-refractivity contribution in [2.75, 3.05) is 0 Å². The number of halogens is 3. The van der Waals surface area contributed by atoms with E-state index < -0.39 is 21.9 Å². The van der Waals surface area contributed by atoms with Gasteiger partial charge in [0.2, 0.25) is 10.0 Å². The molecule has 0 saturated heterocycles. The van der Waals surface area contributed by atoms with E-state index in [1.807, 2.05) is 0 Å². The fourth-order valence-electron chi connectivity index (χ4n) is 2.56. The van der Waals surface area contributed by atoms with Gasteiger partial charge in [0, 0.05) is 5.56 Å². The Balaban J connectivity index is 2.23. The second-order valence-electron chi connectivity index (χ2n) is 5.68. The van der Waals surface area contributed by atoms with E-state index in [0.29, 0.717) is 16.8 Å². The highest BCUT2D eigenvalue weighted by Crippen LogP contribution is 2.34. The predicted molar refractivity (Wildman–Crippen MR) is 90.1 cm³/mol. The van der Waals surface area contributed by atoms with E-state index in [-0.39, 0.29) is 10.6 Å². The zero-order valence-corrected chi connectivity index (χ0v) is 14.3. The maximum atomic E-state index is 13.2. The summed E-state index contributed by atoms with van der Waals surface area (Å²) in [6.07, 6.45) is -4.61. The summed E-state index contributed by atoms with van der Waals surface area (Å²) in [5.74, 6) is 0. The summed E-state index contributed by atoms with van der Waals surface area (Å²) >= 11 is 0. The normalized spacial score (nSPS) is 12.3. The van der Waals surface area contributed by atoms with Gasteiger partial charge >= 0.3 is 6.18 Å². The first-order valence-corrected chi connectivity index (χ1v) is 8.98. The molecular formula is C17H14F3N3O2S. The first-order chi connectivity index (χ1) is 12.1. The third kappa shape index (κ3) is 3.49. The minimum atomic E-state index is -4.61. The number of nitrogens with zero attached hydrogens (tertiary/aromatic N) is 2. The maximum absolute atomic E-state index is 13.2. The van der Waals surface area contributed by atoms with E-state index in [0.717, 1.165) is 10.7 Å². The quantitative estimate of drug-likeness (QED) is 0.754. The molecule has 3 aromatic rings. The molecule has 0 aliphatic heterocycles. The molecule has 136 valence electrons. The van der Waals surface area contributed by atoms with Crippen LogP contribution in [0.1, 0.15) is 11.3 Å². The van der Waals surface area contributed by atoms with Crippen LogP contribution in [0, 0.1) is 6.92 Å². The molecule has 0 aliphatic rings. The molecule has 2 aromatic carbocycles. The zero-order valence-electron chi connectivity index (χ0n) is 13.5. The molecule has 2 N–H and O–H groups in total. The van der Waals surface area contributed by atoms with Gasteiger partial charge in [0.05, 0.1) is 16.3 Å². The van der Waals surface area contributed by atoms with Crippen LogP contribution in [0.15, 0.2) is 59.5 Å². The van der Waals surface area contributed by atoms with Crippen molar-refractivity contribution < 1.29 is 21.6 Å². The van der Waals surface area contributed by atoms with Crippen LogP contribution in [-0.2, 0) is 16.2 Å². The molecule has 0 amide bonds. The van der Waals surface area contributed by atoms with Gasteiger partial charge < -0.3 is 0 Å². The molecule has 0 fully saturated rings. The van der Waals surface area contributed by atoms with Crippen LogP contribution in [0.3, 0.4) is 0 Å². The number of hydrogen-bond donors (Lipinski definition) is 1. The van der Waals surface area contributed by atoms with Crippen molar-refractivity contribution in [3.8, 4) is 16.9 Å². The summed E-state index contributed by atoms with van der Waals surface area (Å²) in [5, 5.41) is 8.79. The molecule has 0 spiro atoms. The molecule has 0 bridgehead atoms. The van der Waals surface area contributed by atoms with Crippen LogP contribution in [0.4, 0.5) is 13.2 Å². The molecular weight excluding hydrogens is 367 g/mol. The van der Waals surface area contributed by atoms with Crippen LogP contribution in [0.5, 0.6) is 0 Å². The number of sulfonamides is 1. The van der Waals surface area contributed by atoms with Crippen molar-refractivity contribution >= 4 is 10.0 Å². The smallest absolute Gasteiger partial charge is 0.232 e. The fraction of sp³-hybridized carbons (Fsp3) is 0.118. The first kappa shape index (κ1) is 18.2. The number of nitrogens with two attached hydrogens (primary N) is 1. The minimum Gasteiger partial charge on any atom is -0.232 e. The number of alkyl halides is 3. The minimum absolute atomic E-state index is 0.122. The molecule has 1 aromatic heterocycles. The van der Waals surface area contributed by atoms with E-state index in [1.165, 1.54) is 18.2 Å². The van der Waals surface area contributed by atoms with Gasteiger partial charge in [0.15, 0.2) is 5.69 Å². The Bertz CT molecular complexity index is 1060. The predicted octanol–water partition coefficient (Wildman–Crippen LogP) is 3.51. The Morgan fingerprint density at radius 1 is 1.04 bits per heavy atom. The lowest BCUT2D eigenvalue weighted by Crippen LogP contribution is -2.13. The standard InChI is InChI=1S/C17H14F3N3O2S/c1-11-9-13(26(21,24)25)7-8-14(11)23-15(12-5-3-2-4-6-12)10-16(22-23)17(18,19)20/h2-10H,1H3,(H2,21,24,25). The van der Waals surface area contributed by atoms with Crippen molar-refractivity contribution in [3.63, 3.8) is 0 Å². The van der Waals surface area contributed by atoms with Crippen LogP contribution >= 0.6 is 0 Å². The highest BCUT2D eigenvalue weighted by molar-refractivity contribution is 7.89.